The molecule has 2 heterocycles. The summed E-state index contributed by atoms with van der Waals surface area (Å²) in [6, 6.07) is 20.6. The molecule has 3 aromatic carbocycles. The van der Waals surface area contributed by atoms with Crippen molar-refractivity contribution in [2.45, 2.75) is 33.2 Å². The number of hydrogen-bond donors (Lipinski definition) is 0. The number of para-hydroxylation sites is 1. The predicted octanol–water partition coefficient (Wildman–Crippen LogP) is 5.72. The van der Waals surface area contributed by atoms with Crippen LogP contribution >= 0.6 is 0 Å². The number of anilines is 1. The van der Waals surface area contributed by atoms with E-state index in [2.05, 4.69) is 19.1 Å². The van der Waals surface area contributed by atoms with Crippen molar-refractivity contribution < 1.29 is 9.21 Å². The maximum atomic E-state index is 13.6. The van der Waals surface area contributed by atoms with Crippen LogP contribution in [0.5, 0.6) is 0 Å². The first-order chi connectivity index (χ1) is 15.0. The quantitative estimate of drug-likeness (QED) is 0.435. The fourth-order valence-corrected chi connectivity index (χ4v) is 4.31. The normalized spacial score (nSPS) is 15.5. The highest BCUT2D eigenvalue weighted by Gasteiger charge is 2.43. The summed E-state index contributed by atoms with van der Waals surface area (Å²) in [4.78, 5) is 28.8. The third-order valence-corrected chi connectivity index (χ3v) is 6.25. The van der Waals surface area contributed by atoms with E-state index in [0.717, 1.165) is 28.8 Å². The van der Waals surface area contributed by atoms with Gasteiger partial charge in [-0.25, -0.2) is 0 Å². The van der Waals surface area contributed by atoms with Crippen LogP contribution in [0.1, 0.15) is 51.3 Å². The summed E-state index contributed by atoms with van der Waals surface area (Å²) in [6.07, 6.45) is 0.925. The topological polar surface area (TPSA) is 50.5 Å². The van der Waals surface area contributed by atoms with Gasteiger partial charge in [0.2, 0.25) is 5.76 Å². The molecule has 1 aromatic heterocycles. The Labute approximate surface area is 180 Å². The monoisotopic (exact) mass is 409 g/mol. The Morgan fingerprint density at radius 2 is 1.65 bits per heavy atom. The van der Waals surface area contributed by atoms with E-state index in [4.69, 9.17) is 4.42 Å². The molecule has 0 saturated carbocycles. The van der Waals surface area contributed by atoms with Crippen LogP contribution < -0.4 is 10.3 Å². The van der Waals surface area contributed by atoms with Gasteiger partial charge in [0, 0.05) is 5.69 Å². The third-order valence-electron chi connectivity index (χ3n) is 6.25. The minimum atomic E-state index is -0.531. The molecule has 1 aliphatic heterocycles. The maximum Gasteiger partial charge on any atom is 0.295 e. The first-order valence-electron chi connectivity index (χ1n) is 10.5. The van der Waals surface area contributed by atoms with Crippen molar-refractivity contribution in [3.63, 3.8) is 0 Å². The number of hydrogen-bond acceptors (Lipinski definition) is 3. The van der Waals surface area contributed by atoms with Crippen molar-refractivity contribution in [3.05, 3.63) is 111 Å². The van der Waals surface area contributed by atoms with Gasteiger partial charge in [-0.15, -0.1) is 0 Å². The highest BCUT2D eigenvalue weighted by molar-refractivity contribution is 6.10. The Kier molecular flexibility index (Phi) is 4.51. The molecule has 1 aliphatic rings. The molecule has 0 N–H and O–H groups in total. The second-order valence-electron chi connectivity index (χ2n) is 8.11. The van der Waals surface area contributed by atoms with E-state index in [1.807, 2.05) is 50.2 Å². The molecule has 0 bridgehead atoms. The number of carbonyl (C=O) groups excluding carboxylic acids is 1. The van der Waals surface area contributed by atoms with E-state index in [0.29, 0.717) is 16.5 Å². The van der Waals surface area contributed by atoms with Crippen molar-refractivity contribution in [2.24, 2.45) is 0 Å². The van der Waals surface area contributed by atoms with E-state index in [-0.39, 0.29) is 17.1 Å². The van der Waals surface area contributed by atoms with Crippen LogP contribution in [0.25, 0.3) is 11.0 Å². The molecule has 0 saturated heterocycles. The van der Waals surface area contributed by atoms with Gasteiger partial charge in [0.1, 0.15) is 5.58 Å². The first kappa shape index (κ1) is 19.3. The Hall–Kier alpha value is -3.66. The molecule has 0 aliphatic carbocycles. The molecule has 1 unspecified atom stereocenters. The highest BCUT2D eigenvalue weighted by atomic mass is 16.3. The van der Waals surface area contributed by atoms with Crippen LogP contribution in [0.15, 0.2) is 75.9 Å². The Balaban J connectivity index is 1.79. The van der Waals surface area contributed by atoms with E-state index < -0.39 is 6.04 Å². The first-order valence-corrected chi connectivity index (χ1v) is 10.5. The van der Waals surface area contributed by atoms with E-state index in [9.17, 15) is 9.59 Å². The molecule has 4 nitrogen and oxygen atoms in total. The number of rotatable bonds is 3. The second-order valence-corrected chi connectivity index (χ2v) is 8.11. The standard InChI is InChI=1S/C27H23NO3/c1-4-18-10-12-19(13-11-18)24-23-25(29)21-7-5-6-8-22(21)31-26(23)27(30)28(24)20-14-9-16(2)17(3)15-20/h5-15,24H,4H2,1-3H3. The van der Waals surface area contributed by atoms with Gasteiger partial charge in [0.25, 0.3) is 5.91 Å². The summed E-state index contributed by atoms with van der Waals surface area (Å²) in [7, 11) is 0. The molecule has 31 heavy (non-hydrogen) atoms. The summed E-state index contributed by atoms with van der Waals surface area (Å²) in [6.45, 7) is 6.17. The van der Waals surface area contributed by atoms with Gasteiger partial charge >= 0.3 is 0 Å². The molecule has 1 atom stereocenters. The number of carbonyl (C=O) groups is 1. The lowest BCUT2D eigenvalue weighted by Gasteiger charge is -2.26. The summed E-state index contributed by atoms with van der Waals surface area (Å²) in [5, 5.41) is 0.492. The van der Waals surface area contributed by atoms with Gasteiger partial charge in [-0.3, -0.25) is 14.5 Å². The van der Waals surface area contributed by atoms with Gasteiger partial charge < -0.3 is 4.42 Å². The Bertz CT molecular complexity index is 1380. The van der Waals surface area contributed by atoms with E-state index in [1.165, 1.54) is 5.56 Å². The summed E-state index contributed by atoms with van der Waals surface area (Å²) >= 11 is 0. The van der Waals surface area contributed by atoms with Crippen LogP contribution in [0, 0.1) is 13.8 Å². The zero-order chi connectivity index (χ0) is 21.7. The molecular formula is C27H23NO3. The lowest BCUT2D eigenvalue weighted by atomic mass is 9.96. The molecule has 1 amide bonds. The average Bonchev–Trinajstić information content (AvgIpc) is 3.08. The fraction of sp³-hybridized carbons (Fsp3) is 0.185. The number of amides is 1. The molecule has 5 rings (SSSR count). The number of fused-ring (bicyclic) bond motifs is 2. The smallest absolute Gasteiger partial charge is 0.295 e. The van der Waals surface area contributed by atoms with Crippen LogP contribution in [0.4, 0.5) is 5.69 Å². The molecular weight excluding hydrogens is 386 g/mol. The van der Waals surface area contributed by atoms with Gasteiger partial charge in [0.05, 0.1) is 17.0 Å². The highest BCUT2D eigenvalue weighted by Crippen LogP contribution is 2.41. The zero-order valence-electron chi connectivity index (χ0n) is 17.8. The average molecular weight is 409 g/mol. The van der Waals surface area contributed by atoms with Crippen LogP contribution in [-0.2, 0) is 6.42 Å². The van der Waals surface area contributed by atoms with Crippen LogP contribution in [0.2, 0.25) is 0 Å². The molecule has 4 aromatic rings. The van der Waals surface area contributed by atoms with Gasteiger partial charge in [-0.05, 0) is 66.8 Å². The molecule has 0 spiro atoms. The Morgan fingerprint density at radius 3 is 2.35 bits per heavy atom. The second kappa shape index (κ2) is 7.24. The van der Waals surface area contributed by atoms with E-state index in [1.54, 1.807) is 23.1 Å². The maximum absolute atomic E-state index is 13.6. The minimum absolute atomic E-state index is 0.131. The van der Waals surface area contributed by atoms with Crippen molar-refractivity contribution in [3.8, 4) is 0 Å². The SMILES string of the molecule is CCc1ccc(C2c3c(oc4ccccc4c3=O)C(=O)N2c2ccc(C)c(C)c2)cc1. The summed E-state index contributed by atoms with van der Waals surface area (Å²) in [5.74, 6) is -0.155. The number of benzene rings is 3. The minimum Gasteiger partial charge on any atom is -0.450 e. The molecule has 4 heteroatoms. The van der Waals surface area contributed by atoms with Gasteiger partial charge in [0.15, 0.2) is 5.43 Å². The van der Waals surface area contributed by atoms with Gasteiger partial charge in [-0.1, -0.05) is 49.4 Å². The number of aryl methyl sites for hydroxylation is 3. The Morgan fingerprint density at radius 1 is 0.903 bits per heavy atom. The van der Waals surface area contributed by atoms with Crippen LogP contribution in [0.3, 0.4) is 0 Å². The van der Waals surface area contributed by atoms with Crippen molar-refractivity contribution in [1.82, 2.24) is 0 Å². The predicted molar refractivity (Wildman–Crippen MR) is 123 cm³/mol. The van der Waals surface area contributed by atoms with Crippen molar-refractivity contribution >= 4 is 22.6 Å². The zero-order valence-corrected chi connectivity index (χ0v) is 17.8. The summed E-state index contributed by atoms with van der Waals surface area (Å²) in [5.41, 5.74) is 5.78. The summed E-state index contributed by atoms with van der Waals surface area (Å²) < 4.78 is 6.01. The van der Waals surface area contributed by atoms with E-state index >= 15 is 0 Å². The largest absolute Gasteiger partial charge is 0.450 e. The molecule has 0 fully saturated rings. The lowest BCUT2D eigenvalue weighted by Crippen LogP contribution is -2.29. The van der Waals surface area contributed by atoms with Crippen molar-refractivity contribution in [1.29, 1.82) is 0 Å². The fourth-order valence-electron chi connectivity index (χ4n) is 4.31. The van der Waals surface area contributed by atoms with Gasteiger partial charge in [-0.2, -0.15) is 0 Å². The number of nitrogens with zero attached hydrogens (tertiary/aromatic N) is 1. The third kappa shape index (κ3) is 2.98. The lowest BCUT2D eigenvalue weighted by molar-refractivity contribution is 0.0971. The van der Waals surface area contributed by atoms with Crippen molar-refractivity contribution in [2.75, 3.05) is 4.90 Å². The van der Waals surface area contributed by atoms with Crippen LogP contribution in [-0.4, -0.2) is 5.91 Å². The molecule has 0 radical (unpaired) electrons. The molecule has 154 valence electrons.